The zero-order valence-corrected chi connectivity index (χ0v) is 20.0. The van der Waals surface area contributed by atoms with Gasteiger partial charge in [-0.1, -0.05) is 78.0 Å². The number of amidine groups is 1. The second-order valence-electron chi connectivity index (χ2n) is 8.22. The molecule has 0 bridgehead atoms. The molecule has 0 radical (unpaired) electrons. The molecule has 0 saturated carbocycles. The summed E-state index contributed by atoms with van der Waals surface area (Å²) in [6.45, 7) is 0. The Bertz CT molecular complexity index is 1490. The number of rotatable bonds is 4. The molecule has 4 aromatic carbocycles. The topological polar surface area (TPSA) is 65.0 Å². The van der Waals surface area contributed by atoms with Gasteiger partial charge in [-0.3, -0.25) is 14.5 Å². The summed E-state index contributed by atoms with van der Waals surface area (Å²) >= 11 is 7.51. The fraction of sp³-hybridized carbons (Fsp3) is 0.0741. The van der Waals surface area contributed by atoms with Crippen LogP contribution in [0.1, 0.15) is 10.4 Å². The third-order valence-corrected chi connectivity index (χ3v) is 7.52. The number of halogens is 1. The molecule has 2 aliphatic rings. The van der Waals surface area contributed by atoms with Gasteiger partial charge in [-0.15, -0.1) is 5.10 Å². The van der Waals surface area contributed by atoms with E-state index in [1.165, 1.54) is 11.8 Å². The standard InChI is InChI=1S/C27H19ClN4O2S/c28-21-12-14-23(15-13-21)32-27(29-24(33)17-35-27)31(22-8-2-1-3-9-22)26(30-32)25(34)20-11-10-18-6-4-5-7-19(18)16-20/h1-16H,17H2,(H,29,33). The number of hydrazone groups is 1. The number of anilines is 2. The van der Waals surface area contributed by atoms with Gasteiger partial charge in [0.15, 0.2) is 0 Å². The Morgan fingerprint density at radius 1 is 0.886 bits per heavy atom. The Morgan fingerprint density at radius 3 is 2.31 bits per heavy atom. The van der Waals surface area contributed by atoms with Gasteiger partial charge in [0, 0.05) is 16.3 Å². The van der Waals surface area contributed by atoms with Crippen LogP contribution < -0.4 is 15.2 Å². The highest BCUT2D eigenvalue weighted by atomic mass is 35.5. The van der Waals surface area contributed by atoms with Crippen LogP contribution in [0.3, 0.4) is 0 Å². The number of Topliss-reactive ketones (excluding diaryl/α,β-unsaturated/α-hetero) is 1. The Hall–Kier alpha value is -3.81. The monoisotopic (exact) mass is 498 g/mol. The van der Waals surface area contributed by atoms with Crippen molar-refractivity contribution in [2.24, 2.45) is 5.10 Å². The average Bonchev–Trinajstić information content (AvgIpc) is 3.44. The van der Waals surface area contributed by atoms with E-state index < -0.39 is 5.12 Å². The molecule has 35 heavy (non-hydrogen) atoms. The van der Waals surface area contributed by atoms with Gasteiger partial charge in [-0.2, -0.15) is 0 Å². The second kappa shape index (κ2) is 8.45. The number of nitrogens with one attached hydrogen (secondary N) is 1. The summed E-state index contributed by atoms with van der Waals surface area (Å²) in [7, 11) is 0. The van der Waals surface area contributed by atoms with Crippen molar-refractivity contribution in [2.45, 2.75) is 5.12 Å². The van der Waals surface area contributed by atoms with Crippen LogP contribution >= 0.6 is 23.4 Å². The molecule has 1 fully saturated rings. The van der Waals surface area contributed by atoms with E-state index in [0.717, 1.165) is 16.5 Å². The molecule has 1 N–H and O–H groups in total. The quantitative estimate of drug-likeness (QED) is 0.377. The van der Waals surface area contributed by atoms with Crippen LogP contribution in [-0.2, 0) is 4.79 Å². The molecule has 6 rings (SSSR count). The SMILES string of the molecule is O=C1CSC2(N1)N(c1ccc(Cl)cc1)N=C(C(=O)c1ccc3ccccc3c1)N2c1ccccc1. The molecular weight excluding hydrogens is 480 g/mol. The fourth-order valence-corrected chi connectivity index (χ4v) is 5.70. The zero-order chi connectivity index (χ0) is 24.0. The van der Waals surface area contributed by atoms with E-state index in [1.54, 1.807) is 17.1 Å². The number of carbonyl (C=O) groups is 2. The van der Waals surface area contributed by atoms with Crippen LogP contribution in [0.2, 0.25) is 5.02 Å². The van der Waals surface area contributed by atoms with Crippen LogP contribution in [-0.4, -0.2) is 28.4 Å². The number of ketones is 1. The van der Waals surface area contributed by atoms with Gasteiger partial charge in [0.2, 0.25) is 17.5 Å². The molecule has 1 amide bonds. The molecule has 2 heterocycles. The van der Waals surface area contributed by atoms with Crippen molar-refractivity contribution in [3.05, 3.63) is 108 Å². The first-order valence-corrected chi connectivity index (χ1v) is 12.4. The van der Waals surface area contributed by atoms with Crippen LogP contribution in [0.15, 0.2) is 102 Å². The minimum atomic E-state index is -1.13. The van der Waals surface area contributed by atoms with Gasteiger partial charge in [0.25, 0.3) is 5.12 Å². The average molecular weight is 499 g/mol. The van der Waals surface area contributed by atoms with Gasteiger partial charge in [0.05, 0.1) is 11.4 Å². The lowest BCUT2D eigenvalue weighted by molar-refractivity contribution is -0.118. The van der Waals surface area contributed by atoms with Gasteiger partial charge >= 0.3 is 0 Å². The summed E-state index contributed by atoms with van der Waals surface area (Å²) in [5.41, 5.74) is 1.96. The minimum absolute atomic E-state index is 0.135. The van der Waals surface area contributed by atoms with E-state index >= 15 is 0 Å². The van der Waals surface area contributed by atoms with Crippen molar-refractivity contribution in [3.8, 4) is 0 Å². The van der Waals surface area contributed by atoms with Crippen molar-refractivity contribution >= 4 is 63.0 Å². The lowest BCUT2D eigenvalue weighted by Crippen LogP contribution is -2.62. The molecule has 0 aromatic heterocycles. The zero-order valence-electron chi connectivity index (χ0n) is 18.4. The number of thioether (sulfide) groups is 1. The predicted molar refractivity (Wildman–Crippen MR) is 142 cm³/mol. The number of fused-ring (bicyclic) bond motifs is 1. The molecule has 0 aliphatic carbocycles. The summed E-state index contributed by atoms with van der Waals surface area (Å²) in [6.07, 6.45) is 0. The highest BCUT2D eigenvalue weighted by Gasteiger charge is 2.57. The number of hydrogen-bond acceptors (Lipinski definition) is 6. The summed E-state index contributed by atoms with van der Waals surface area (Å²) < 4.78 is 0. The third kappa shape index (κ3) is 3.64. The van der Waals surface area contributed by atoms with E-state index in [-0.39, 0.29) is 23.3 Å². The number of carbonyl (C=O) groups excluding carboxylic acids is 2. The molecular formula is C27H19ClN4O2S. The molecule has 8 heteroatoms. The van der Waals surface area contributed by atoms with Crippen molar-refractivity contribution in [3.63, 3.8) is 0 Å². The van der Waals surface area contributed by atoms with Gasteiger partial charge in [0.1, 0.15) is 0 Å². The lowest BCUT2D eigenvalue weighted by Gasteiger charge is -2.39. The van der Waals surface area contributed by atoms with E-state index in [4.69, 9.17) is 16.7 Å². The maximum absolute atomic E-state index is 14.0. The maximum atomic E-state index is 14.0. The molecule has 1 saturated heterocycles. The van der Waals surface area contributed by atoms with Gasteiger partial charge in [-0.25, -0.2) is 5.01 Å². The summed E-state index contributed by atoms with van der Waals surface area (Å²) in [4.78, 5) is 28.4. The summed E-state index contributed by atoms with van der Waals surface area (Å²) in [6, 6.07) is 30.2. The number of para-hydroxylation sites is 1. The van der Waals surface area contributed by atoms with Gasteiger partial charge in [-0.05, 0) is 53.2 Å². The molecule has 4 aromatic rings. The minimum Gasteiger partial charge on any atom is -0.304 e. The van der Waals surface area contributed by atoms with Crippen molar-refractivity contribution in [1.82, 2.24) is 5.32 Å². The van der Waals surface area contributed by atoms with Crippen molar-refractivity contribution < 1.29 is 9.59 Å². The van der Waals surface area contributed by atoms with E-state index in [0.29, 0.717) is 16.3 Å². The highest BCUT2D eigenvalue weighted by molar-refractivity contribution is 8.02. The van der Waals surface area contributed by atoms with Crippen molar-refractivity contribution in [1.29, 1.82) is 0 Å². The Balaban J connectivity index is 1.53. The number of hydrogen-bond donors (Lipinski definition) is 1. The first-order valence-electron chi connectivity index (χ1n) is 11.0. The molecule has 1 atom stereocenters. The van der Waals surface area contributed by atoms with E-state index in [2.05, 4.69) is 5.32 Å². The number of amides is 1. The summed E-state index contributed by atoms with van der Waals surface area (Å²) in [5.74, 6) is 0.0817. The first kappa shape index (κ1) is 21.7. The largest absolute Gasteiger partial charge is 0.304 e. The van der Waals surface area contributed by atoms with Crippen LogP contribution in [0.25, 0.3) is 10.8 Å². The van der Waals surface area contributed by atoms with Crippen molar-refractivity contribution in [2.75, 3.05) is 15.7 Å². The number of benzene rings is 4. The van der Waals surface area contributed by atoms with Gasteiger partial charge < -0.3 is 5.32 Å². The van der Waals surface area contributed by atoms with Crippen LogP contribution in [0, 0.1) is 0 Å². The molecule has 1 spiro atoms. The summed E-state index contributed by atoms with van der Waals surface area (Å²) in [5, 5.41) is 11.1. The lowest BCUT2D eigenvalue weighted by atomic mass is 10.0. The van der Waals surface area contributed by atoms with Crippen LogP contribution in [0.5, 0.6) is 0 Å². The van der Waals surface area contributed by atoms with Crippen LogP contribution in [0.4, 0.5) is 11.4 Å². The normalized spacial score (nSPS) is 19.3. The third-order valence-electron chi connectivity index (χ3n) is 6.00. The smallest absolute Gasteiger partial charge is 0.268 e. The second-order valence-corrected chi connectivity index (χ2v) is 9.80. The van der Waals surface area contributed by atoms with E-state index in [1.807, 2.05) is 89.8 Å². The highest BCUT2D eigenvalue weighted by Crippen LogP contribution is 2.45. The Labute approximate surface area is 211 Å². The van der Waals surface area contributed by atoms with E-state index in [9.17, 15) is 9.59 Å². The molecule has 6 nitrogen and oxygen atoms in total. The molecule has 2 aliphatic heterocycles. The molecule has 1 unspecified atom stereocenters. The first-order chi connectivity index (χ1) is 17.0. The fourth-order valence-electron chi connectivity index (χ4n) is 4.40. The number of nitrogens with zero attached hydrogens (tertiary/aromatic N) is 3. The Morgan fingerprint density at radius 2 is 1.60 bits per heavy atom. The molecule has 172 valence electrons. The Kier molecular flexibility index (Phi) is 5.24. The predicted octanol–water partition coefficient (Wildman–Crippen LogP) is 5.49. The maximum Gasteiger partial charge on any atom is 0.268 e.